The Morgan fingerprint density at radius 3 is 1.50 bits per heavy atom. The first-order valence-electron chi connectivity index (χ1n) is 5.55. The van der Waals surface area contributed by atoms with Gasteiger partial charge in [-0.2, -0.15) is 12.2 Å². The molecule has 0 bridgehead atoms. The Hall–Kier alpha value is -1.44. The number of para-hydroxylation sites is 1. The molecular weight excluding hydrogens is 259 g/mol. The number of rotatable bonds is 0. The molecule has 1 nitrogen and oxygen atoms in total. The molecule has 0 spiro atoms. The molecule has 0 N–H and O–H groups in total. The summed E-state index contributed by atoms with van der Waals surface area (Å²) in [6.07, 6.45) is 20.0. The van der Waals surface area contributed by atoms with Gasteiger partial charge in [0.1, 0.15) is 0 Å². The quantitative estimate of drug-likeness (QED) is 0.665. The molecule has 0 fully saturated rings. The monoisotopic (exact) mass is 274 g/mol. The van der Waals surface area contributed by atoms with Gasteiger partial charge in [0, 0.05) is 0 Å². The normalized spacial score (nSPS) is 13.1. The third-order valence-electron chi connectivity index (χ3n) is 1.91. The van der Waals surface area contributed by atoms with E-state index >= 15 is 0 Å². The Labute approximate surface area is 121 Å². The molecule has 1 aromatic rings. The van der Waals surface area contributed by atoms with Crippen LogP contribution in [0.2, 0.25) is 0 Å². The number of hydrogen-bond acceptors (Lipinski definition) is 1. The summed E-state index contributed by atoms with van der Waals surface area (Å²) < 4.78 is 0. The smallest absolute Gasteiger partial charge is 0.872 e. The summed E-state index contributed by atoms with van der Waals surface area (Å²) in [5.41, 5.74) is 0. The maximum absolute atomic E-state index is 10.3. The van der Waals surface area contributed by atoms with Crippen molar-refractivity contribution >= 4 is 0 Å². The van der Waals surface area contributed by atoms with E-state index in [1.165, 1.54) is 12.1 Å². The zero-order valence-corrected chi connectivity index (χ0v) is 11.5. The largest absolute Gasteiger partial charge is 2.00 e. The molecule has 0 unspecified atom stereocenters. The fourth-order valence-electron chi connectivity index (χ4n) is 1.10. The minimum atomic E-state index is 0. The standard InChI is InChI=1S/C6H6O.2C5H5.V/c7-6-4-2-1-3-5-6;2*1-2-4-5-3-1;/h1-5,7H;2*1-3H,4H2;/q;2*-1;+2/p-1. The average molecular weight is 274 g/mol. The van der Waals surface area contributed by atoms with E-state index in [0.29, 0.717) is 0 Å². The van der Waals surface area contributed by atoms with E-state index < -0.39 is 0 Å². The van der Waals surface area contributed by atoms with Gasteiger partial charge in [0.05, 0.1) is 0 Å². The molecule has 91 valence electrons. The maximum atomic E-state index is 10.3. The Morgan fingerprint density at radius 2 is 1.33 bits per heavy atom. The average Bonchev–Trinajstić information content (AvgIpc) is 3.09. The van der Waals surface area contributed by atoms with Crippen LogP contribution in [0.1, 0.15) is 12.8 Å². The molecule has 1 aromatic carbocycles. The molecule has 2 heteroatoms. The second kappa shape index (κ2) is 12.0. The van der Waals surface area contributed by atoms with E-state index in [1.807, 2.05) is 30.4 Å². The van der Waals surface area contributed by atoms with Crippen LogP contribution in [-0.2, 0) is 18.6 Å². The molecule has 0 aliphatic heterocycles. The van der Waals surface area contributed by atoms with Crippen LogP contribution < -0.4 is 5.11 Å². The number of allylic oxidation sites excluding steroid dienone is 8. The van der Waals surface area contributed by atoms with Gasteiger partial charge in [0.25, 0.3) is 0 Å². The summed E-state index contributed by atoms with van der Waals surface area (Å²) >= 11 is 0. The number of benzene rings is 1. The Kier molecular flexibility index (Phi) is 11.1. The van der Waals surface area contributed by atoms with Crippen LogP contribution in [0.3, 0.4) is 0 Å². The van der Waals surface area contributed by atoms with Crippen molar-refractivity contribution in [2.75, 3.05) is 0 Å². The fourth-order valence-corrected chi connectivity index (χ4v) is 1.10. The predicted octanol–water partition coefficient (Wildman–Crippen LogP) is 3.37. The summed E-state index contributed by atoms with van der Waals surface area (Å²) in [5.74, 6) is 0.0718. The van der Waals surface area contributed by atoms with Crippen molar-refractivity contribution < 1.29 is 23.7 Å². The Bertz CT molecular complexity index is 360. The van der Waals surface area contributed by atoms with Crippen molar-refractivity contribution in [1.82, 2.24) is 0 Å². The van der Waals surface area contributed by atoms with E-state index in [1.54, 1.807) is 12.1 Å². The molecule has 0 saturated carbocycles. The van der Waals surface area contributed by atoms with Crippen molar-refractivity contribution in [3.63, 3.8) is 0 Å². The summed E-state index contributed by atoms with van der Waals surface area (Å²) in [4.78, 5) is 0. The SMILES string of the molecule is [C-]1=CC=CC1.[C-]1=CC=CC1.[O-]c1ccccc1.[V+2]. The Morgan fingerprint density at radius 1 is 0.833 bits per heavy atom. The minimum Gasteiger partial charge on any atom is -0.872 e. The van der Waals surface area contributed by atoms with Crippen LogP contribution in [0.5, 0.6) is 5.75 Å². The molecule has 18 heavy (non-hydrogen) atoms. The summed E-state index contributed by atoms with van der Waals surface area (Å²) in [5, 5.41) is 10.3. The van der Waals surface area contributed by atoms with Crippen LogP contribution in [0.25, 0.3) is 0 Å². The van der Waals surface area contributed by atoms with Crippen molar-refractivity contribution in [3.05, 3.63) is 78.9 Å². The molecule has 0 atom stereocenters. The van der Waals surface area contributed by atoms with Crippen molar-refractivity contribution in [3.8, 4) is 5.75 Å². The van der Waals surface area contributed by atoms with E-state index in [9.17, 15) is 5.11 Å². The van der Waals surface area contributed by atoms with Crippen LogP contribution in [0, 0.1) is 12.2 Å². The van der Waals surface area contributed by atoms with Crippen LogP contribution >= 0.6 is 0 Å². The number of hydrogen-bond donors (Lipinski definition) is 0. The molecule has 0 heterocycles. The van der Waals surface area contributed by atoms with E-state index in [-0.39, 0.29) is 24.3 Å². The maximum Gasteiger partial charge on any atom is 2.00 e. The Balaban J connectivity index is 0.000000239. The van der Waals surface area contributed by atoms with Crippen molar-refractivity contribution in [2.24, 2.45) is 0 Å². The summed E-state index contributed by atoms with van der Waals surface area (Å²) in [6.45, 7) is 0. The van der Waals surface area contributed by atoms with E-state index in [2.05, 4.69) is 24.3 Å². The predicted molar refractivity (Wildman–Crippen MR) is 69.0 cm³/mol. The van der Waals surface area contributed by atoms with E-state index in [4.69, 9.17) is 0 Å². The van der Waals surface area contributed by atoms with E-state index in [0.717, 1.165) is 12.8 Å². The fraction of sp³-hybridized carbons (Fsp3) is 0.125. The summed E-state index contributed by atoms with van der Waals surface area (Å²) in [6, 6.07) is 8.33. The minimum absolute atomic E-state index is 0. The van der Waals surface area contributed by atoms with Gasteiger partial charge >= 0.3 is 18.6 Å². The molecule has 3 rings (SSSR count). The van der Waals surface area contributed by atoms with Gasteiger partial charge in [0.2, 0.25) is 0 Å². The zero-order valence-electron chi connectivity index (χ0n) is 10.1. The van der Waals surface area contributed by atoms with Crippen LogP contribution in [0.4, 0.5) is 0 Å². The van der Waals surface area contributed by atoms with Crippen LogP contribution in [0.15, 0.2) is 66.8 Å². The molecule has 1 radical (unpaired) electrons. The zero-order chi connectivity index (χ0) is 12.2. The second-order valence-electron chi connectivity index (χ2n) is 3.32. The first-order valence-corrected chi connectivity index (χ1v) is 5.55. The topological polar surface area (TPSA) is 23.1 Å². The first-order chi connectivity index (χ1) is 8.39. The second-order valence-corrected chi connectivity index (χ2v) is 3.32. The molecule has 2 aliphatic carbocycles. The van der Waals surface area contributed by atoms with Crippen molar-refractivity contribution in [1.29, 1.82) is 0 Å². The molecule has 2 aliphatic rings. The van der Waals surface area contributed by atoms with Gasteiger partial charge in [-0.3, -0.25) is 12.2 Å². The molecule has 0 amide bonds. The molecule has 0 aromatic heterocycles. The third kappa shape index (κ3) is 9.77. The van der Waals surface area contributed by atoms with Gasteiger partial charge in [0.15, 0.2) is 0 Å². The summed E-state index contributed by atoms with van der Waals surface area (Å²) in [7, 11) is 0. The van der Waals surface area contributed by atoms with Gasteiger partial charge in [-0.05, 0) is 0 Å². The van der Waals surface area contributed by atoms with Gasteiger partial charge < -0.3 is 5.11 Å². The third-order valence-corrected chi connectivity index (χ3v) is 1.91. The van der Waals surface area contributed by atoms with Gasteiger partial charge in [-0.15, -0.1) is 18.6 Å². The van der Waals surface area contributed by atoms with Crippen molar-refractivity contribution in [2.45, 2.75) is 12.8 Å². The van der Waals surface area contributed by atoms with Gasteiger partial charge in [-0.25, -0.2) is 24.3 Å². The first kappa shape index (κ1) is 16.6. The van der Waals surface area contributed by atoms with Gasteiger partial charge in [-0.1, -0.05) is 30.3 Å². The molecular formula is C16H15OV-. The molecule has 0 saturated heterocycles. The van der Waals surface area contributed by atoms with Crippen LogP contribution in [-0.4, -0.2) is 0 Å².